The maximum absolute atomic E-state index is 14.3. The summed E-state index contributed by atoms with van der Waals surface area (Å²) < 4.78 is 173. The summed E-state index contributed by atoms with van der Waals surface area (Å²) in [5.41, 5.74) is -7.24. The van der Waals surface area contributed by atoms with Gasteiger partial charge in [0.05, 0.1) is 67.3 Å². The Morgan fingerprint density at radius 2 is 0.810 bits per heavy atom. The van der Waals surface area contributed by atoms with Crippen molar-refractivity contribution in [3.8, 4) is 34.6 Å². The van der Waals surface area contributed by atoms with Crippen molar-refractivity contribution in [2.75, 3.05) is 0 Å². The number of nitriles is 2. The first-order chi connectivity index (χ1) is 27.2. The monoisotopic (exact) mass is 806 g/mol. The van der Waals surface area contributed by atoms with Gasteiger partial charge in [-0.25, -0.2) is 0 Å². The van der Waals surface area contributed by atoms with Crippen LogP contribution in [0.3, 0.4) is 0 Å². The summed E-state index contributed by atoms with van der Waals surface area (Å²) in [4.78, 5) is 0. The van der Waals surface area contributed by atoms with E-state index < -0.39 is 52.5 Å². The molecule has 6 aromatic carbocycles. The summed E-state index contributed by atoms with van der Waals surface area (Å²) in [5, 5.41) is 20.9. The molecule has 8 rings (SSSR count). The predicted molar refractivity (Wildman–Crippen MR) is 190 cm³/mol. The van der Waals surface area contributed by atoms with Crippen molar-refractivity contribution in [2.45, 2.75) is 24.7 Å². The second-order valence-corrected chi connectivity index (χ2v) is 13.2. The molecule has 58 heavy (non-hydrogen) atoms. The van der Waals surface area contributed by atoms with E-state index >= 15 is 0 Å². The van der Waals surface area contributed by atoms with Crippen LogP contribution in [0.4, 0.5) is 52.7 Å². The fourth-order valence-electron chi connectivity index (χ4n) is 7.34. The third-order valence-corrected chi connectivity index (χ3v) is 9.88. The van der Waals surface area contributed by atoms with Crippen molar-refractivity contribution in [2.24, 2.45) is 0 Å². The second-order valence-electron chi connectivity index (χ2n) is 13.2. The SMILES string of the molecule is N#Cc1cccc(-c2ccc(-n3c4cc(C(F)(F)F)ccc4c4ccc(C(F)(F)F)cc43)c(C#N)c2-n2c3cc(C(F)(F)F)ccc3c3ccc(C(F)(F)F)cc32)c1. The summed E-state index contributed by atoms with van der Waals surface area (Å²) in [6.07, 6.45) is -19.8. The topological polar surface area (TPSA) is 57.4 Å². The van der Waals surface area contributed by atoms with E-state index in [-0.39, 0.29) is 71.7 Å². The lowest BCUT2D eigenvalue weighted by Gasteiger charge is -2.21. The molecule has 0 saturated carbocycles. The van der Waals surface area contributed by atoms with Gasteiger partial charge in [-0.3, -0.25) is 0 Å². The summed E-state index contributed by atoms with van der Waals surface area (Å²) >= 11 is 0. The maximum Gasteiger partial charge on any atom is 0.416 e. The lowest BCUT2D eigenvalue weighted by Crippen LogP contribution is -2.09. The molecular weight excluding hydrogens is 788 g/mol. The van der Waals surface area contributed by atoms with Gasteiger partial charge in [-0.15, -0.1) is 0 Å². The maximum atomic E-state index is 14.3. The van der Waals surface area contributed by atoms with Crippen LogP contribution in [0.25, 0.3) is 66.1 Å². The molecule has 0 aliphatic carbocycles. The highest BCUT2D eigenvalue weighted by molar-refractivity contribution is 6.12. The minimum Gasteiger partial charge on any atom is -0.308 e. The van der Waals surface area contributed by atoms with E-state index in [9.17, 15) is 63.2 Å². The number of fused-ring (bicyclic) bond motifs is 6. The standard InChI is InChI=1S/C42H18F12N4/c43-39(44,45)23-4-8-28-29-9-5-24(40(46,47)48)16-35(29)57(34(28)15-23)33-13-12-27(22-3-1-2-21(14-22)19-55)38(32(33)20-56)58-36-17-25(41(49,50)51)6-10-30(36)31-11-7-26(18-37(31)58)42(52,53)54/h1-18H. The van der Waals surface area contributed by atoms with Crippen LogP contribution in [0, 0.1) is 22.7 Å². The van der Waals surface area contributed by atoms with E-state index in [1.165, 1.54) is 36.4 Å². The molecule has 0 radical (unpaired) electrons. The Morgan fingerprint density at radius 3 is 1.17 bits per heavy atom. The molecule has 16 heteroatoms. The molecule has 0 fully saturated rings. The molecule has 0 unspecified atom stereocenters. The summed E-state index contributed by atoms with van der Waals surface area (Å²) in [5.74, 6) is 0. The highest BCUT2D eigenvalue weighted by Gasteiger charge is 2.36. The number of rotatable bonds is 3. The fourth-order valence-corrected chi connectivity index (χ4v) is 7.34. The van der Waals surface area contributed by atoms with Gasteiger partial charge in [-0.2, -0.15) is 63.2 Å². The summed E-state index contributed by atoms with van der Waals surface area (Å²) in [6, 6.07) is 21.7. The zero-order chi connectivity index (χ0) is 41.7. The van der Waals surface area contributed by atoms with Crippen LogP contribution in [0.5, 0.6) is 0 Å². The lowest BCUT2D eigenvalue weighted by molar-refractivity contribution is -0.138. The Kier molecular flexibility index (Phi) is 8.37. The van der Waals surface area contributed by atoms with Gasteiger partial charge in [0, 0.05) is 27.1 Å². The van der Waals surface area contributed by atoms with E-state index in [1.54, 1.807) is 0 Å². The molecule has 0 bridgehead atoms. The minimum absolute atomic E-state index is 0.0178. The number of halogens is 12. The van der Waals surface area contributed by atoms with Gasteiger partial charge >= 0.3 is 24.7 Å². The molecule has 0 saturated heterocycles. The van der Waals surface area contributed by atoms with Crippen LogP contribution in [0.15, 0.2) is 109 Å². The predicted octanol–water partition coefficient (Wildman–Crippen LogP) is 13.4. The molecule has 0 atom stereocenters. The van der Waals surface area contributed by atoms with E-state index in [2.05, 4.69) is 0 Å². The Morgan fingerprint density at radius 1 is 0.414 bits per heavy atom. The van der Waals surface area contributed by atoms with Crippen LogP contribution in [0.2, 0.25) is 0 Å². The van der Waals surface area contributed by atoms with Gasteiger partial charge in [0.25, 0.3) is 0 Å². The van der Waals surface area contributed by atoms with Crippen LogP contribution < -0.4 is 0 Å². The van der Waals surface area contributed by atoms with Crippen LogP contribution >= 0.6 is 0 Å². The molecule has 0 spiro atoms. The number of benzene rings is 6. The molecule has 4 nitrogen and oxygen atoms in total. The van der Waals surface area contributed by atoms with E-state index in [0.29, 0.717) is 24.3 Å². The Labute approximate surface area is 317 Å². The first-order valence-corrected chi connectivity index (χ1v) is 16.7. The van der Waals surface area contributed by atoms with E-state index in [1.807, 2.05) is 12.1 Å². The van der Waals surface area contributed by atoms with Crippen molar-refractivity contribution in [1.82, 2.24) is 9.13 Å². The molecule has 0 N–H and O–H groups in total. The molecule has 2 aromatic heterocycles. The second kappa shape index (κ2) is 12.8. The minimum atomic E-state index is -4.97. The Hall–Kier alpha value is -6.94. The first-order valence-electron chi connectivity index (χ1n) is 16.7. The molecular formula is C42H18F12N4. The van der Waals surface area contributed by atoms with Crippen LogP contribution in [-0.2, 0) is 24.7 Å². The summed E-state index contributed by atoms with van der Waals surface area (Å²) in [7, 11) is 0. The first kappa shape index (κ1) is 38.0. The molecule has 8 aromatic rings. The molecule has 0 aliphatic rings. The third kappa shape index (κ3) is 6.12. The highest BCUT2D eigenvalue weighted by atomic mass is 19.4. The largest absolute Gasteiger partial charge is 0.416 e. The Balaban J connectivity index is 1.61. The van der Waals surface area contributed by atoms with Gasteiger partial charge in [-0.1, -0.05) is 42.5 Å². The fraction of sp³-hybridized carbons (Fsp3) is 0.0952. The van der Waals surface area contributed by atoms with Crippen molar-refractivity contribution in [1.29, 1.82) is 10.5 Å². The van der Waals surface area contributed by atoms with E-state index in [0.717, 1.165) is 57.7 Å². The zero-order valence-electron chi connectivity index (χ0n) is 28.7. The van der Waals surface area contributed by atoms with Gasteiger partial charge in [0.2, 0.25) is 0 Å². The summed E-state index contributed by atoms with van der Waals surface area (Å²) in [6.45, 7) is 0. The molecule has 0 aliphatic heterocycles. The van der Waals surface area contributed by atoms with Gasteiger partial charge < -0.3 is 9.13 Å². The van der Waals surface area contributed by atoms with Gasteiger partial charge in [-0.05, 0) is 72.3 Å². The molecule has 2 heterocycles. The highest BCUT2D eigenvalue weighted by Crippen LogP contribution is 2.46. The number of alkyl halides is 12. The van der Waals surface area contributed by atoms with E-state index in [4.69, 9.17) is 0 Å². The van der Waals surface area contributed by atoms with Crippen molar-refractivity contribution < 1.29 is 52.7 Å². The number of aromatic nitrogens is 2. The van der Waals surface area contributed by atoms with Gasteiger partial charge in [0.1, 0.15) is 11.6 Å². The van der Waals surface area contributed by atoms with Crippen molar-refractivity contribution in [3.05, 3.63) is 143 Å². The number of hydrogen-bond acceptors (Lipinski definition) is 2. The van der Waals surface area contributed by atoms with Crippen molar-refractivity contribution in [3.63, 3.8) is 0 Å². The lowest BCUT2D eigenvalue weighted by atomic mass is 9.96. The Bertz CT molecular complexity index is 2950. The average molecular weight is 807 g/mol. The normalized spacial score (nSPS) is 12.8. The molecule has 290 valence electrons. The smallest absolute Gasteiger partial charge is 0.308 e. The van der Waals surface area contributed by atoms with Crippen LogP contribution in [-0.4, -0.2) is 9.13 Å². The number of hydrogen-bond donors (Lipinski definition) is 0. The quantitative estimate of drug-likeness (QED) is 0.167. The van der Waals surface area contributed by atoms with Gasteiger partial charge in [0.15, 0.2) is 0 Å². The zero-order valence-corrected chi connectivity index (χ0v) is 28.7. The molecule has 0 amide bonds. The van der Waals surface area contributed by atoms with Crippen LogP contribution in [0.1, 0.15) is 33.4 Å². The third-order valence-electron chi connectivity index (χ3n) is 9.88. The van der Waals surface area contributed by atoms with Crippen molar-refractivity contribution >= 4 is 43.6 Å². The average Bonchev–Trinajstić information content (AvgIpc) is 3.67. The number of nitrogens with zero attached hydrogens (tertiary/aromatic N) is 4.